The lowest BCUT2D eigenvalue weighted by Crippen LogP contribution is -1.99. The Hall–Kier alpha value is -1.16. The van der Waals surface area contributed by atoms with Gasteiger partial charge in [-0.15, -0.1) is 5.10 Å². The zero-order valence-corrected chi connectivity index (χ0v) is 5.70. The lowest BCUT2D eigenvalue weighted by Gasteiger charge is -2.01. The Kier molecular flexibility index (Phi) is 2.17. The Balaban J connectivity index is 2.96. The van der Waals surface area contributed by atoms with Crippen molar-refractivity contribution in [1.29, 1.82) is 0 Å². The van der Waals surface area contributed by atoms with Gasteiger partial charge >= 0.3 is 0 Å². The second kappa shape index (κ2) is 3.12. The van der Waals surface area contributed by atoms with Gasteiger partial charge in [0.2, 0.25) is 0 Å². The van der Waals surface area contributed by atoms with Gasteiger partial charge in [0, 0.05) is 12.6 Å². The summed E-state index contributed by atoms with van der Waals surface area (Å²) in [6.45, 7) is -0.00824. The summed E-state index contributed by atoms with van der Waals surface area (Å²) in [4.78, 5) is 0. The molecule has 0 radical (unpaired) electrons. The Morgan fingerprint density at radius 2 is 2.50 bits per heavy atom. The maximum Gasteiger partial charge on any atom is 0.153 e. The SMILES string of the molecule is CNc1nnccc1CO. The minimum atomic E-state index is -0.00824. The van der Waals surface area contributed by atoms with Crippen LogP contribution in [0.25, 0.3) is 0 Å². The van der Waals surface area contributed by atoms with Gasteiger partial charge in [-0.3, -0.25) is 0 Å². The van der Waals surface area contributed by atoms with E-state index in [1.807, 2.05) is 0 Å². The summed E-state index contributed by atoms with van der Waals surface area (Å²) in [6, 6.07) is 1.72. The van der Waals surface area contributed by atoms with E-state index in [0.29, 0.717) is 5.82 Å². The first-order chi connectivity index (χ1) is 4.88. The van der Waals surface area contributed by atoms with Gasteiger partial charge in [0.15, 0.2) is 5.82 Å². The number of anilines is 1. The van der Waals surface area contributed by atoms with E-state index in [1.54, 1.807) is 19.3 Å². The standard InChI is InChI=1S/C6H9N3O/c1-7-6-5(4-10)2-3-8-9-6/h2-3,10H,4H2,1H3,(H,7,9). The third-order valence-electron chi connectivity index (χ3n) is 1.21. The first-order valence-electron chi connectivity index (χ1n) is 2.97. The molecule has 0 spiro atoms. The minimum absolute atomic E-state index is 0.00824. The van der Waals surface area contributed by atoms with Gasteiger partial charge in [0.05, 0.1) is 12.8 Å². The van der Waals surface area contributed by atoms with Gasteiger partial charge in [-0.25, -0.2) is 0 Å². The van der Waals surface area contributed by atoms with Crippen LogP contribution in [0.15, 0.2) is 12.3 Å². The van der Waals surface area contributed by atoms with Crippen molar-refractivity contribution in [1.82, 2.24) is 10.2 Å². The molecule has 0 aliphatic rings. The molecular formula is C6H9N3O. The molecule has 0 aliphatic carbocycles. The van der Waals surface area contributed by atoms with Crippen LogP contribution in [0, 0.1) is 0 Å². The summed E-state index contributed by atoms with van der Waals surface area (Å²) < 4.78 is 0. The van der Waals surface area contributed by atoms with Crippen LogP contribution in [0.4, 0.5) is 5.82 Å². The number of aliphatic hydroxyl groups excluding tert-OH is 1. The largest absolute Gasteiger partial charge is 0.392 e. The number of aliphatic hydroxyl groups is 1. The predicted octanol–water partition coefficient (Wildman–Crippen LogP) is 0.0106. The molecule has 0 aliphatic heterocycles. The average molecular weight is 139 g/mol. The van der Waals surface area contributed by atoms with Gasteiger partial charge in [0.1, 0.15) is 0 Å². The van der Waals surface area contributed by atoms with Gasteiger partial charge in [0.25, 0.3) is 0 Å². The van der Waals surface area contributed by atoms with Crippen LogP contribution in [0.5, 0.6) is 0 Å². The second-order valence-electron chi connectivity index (χ2n) is 1.81. The van der Waals surface area contributed by atoms with E-state index in [0.717, 1.165) is 5.56 Å². The summed E-state index contributed by atoms with van der Waals surface area (Å²) in [5.41, 5.74) is 0.762. The van der Waals surface area contributed by atoms with E-state index in [1.165, 1.54) is 0 Å². The number of hydrogen-bond acceptors (Lipinski definition) is 4. The molecule has 0 aromatic carbocycles. The van der Waals surface area contributed by atoms with E-state index >= 15 is 0 Å². The van der Waals surface area contributed by atoms with Gasteiger partial charge in [-0.1, -0.05) is 0 Å². The molecule has 1 rings (SSSR count). The molecule has 0 unspecified atom stereocenters. The zero-order chi connectivity index (χ0) is 7.40. The summed E-state index contributed by atoms with van der Waals surface area (Å²) in [5, 5.41) is 18.9. The molecule has 4 nitrogen and oxygen atoms in total. The zero-order valence-electron chi connectivity index (χ0n) is 5.70. The number of nitrogens with zero attached hydrogens (tertiary/aromatic N) is 2. The van der Waals surface area contributed by atoms with Crippen molar-refractivity contribution in [2.24, 2.45) is 0 Å². The number of nitrogens with one attached hydrogen (secondary N) is 1. The summed E-state index contributed by atoms with van der Waals surface area (Å²) >= 11 is 0. The Labute approximate surface area is 58.9 Å². The highest BCUT2D eigenvalue weighted by atomic mass is 16.3. The maximum absolute atomic E-state index is 8.74. The normalized spacial score (nSPS) is 9.40. The van der Waals surface area contributed by atoms with E-state index in [4.69, 9.17) is 5.11 Å². The van der Waals surface area contributed by atoms with Crippen molar-refractivity contribution in [2.45, 2.75) is 6.61 Å². The van der Waals surface area contributed by atoms with Crippen LogP contribution < -0.4 is 5.32 Å². The molecule has 1 aromatic heterocycles. The Morgan fingerprint density at radius 3 is 3.00 bits per heavy atom. The molecule has 0 bridgehead atoms. The smallest absolute Gasteiger partial charge is 0.153 e. The van der Waals surface area contributed by atoms with Gasteiger partial charge in [-0.05, 0) is 6.07 Å². The van der Waals surface area contributed by atoms with E-state index in [9.17, 15) is 0 Å². The van der Waals surface area contributed by atoms with Gasteiger partial charge in [-0.2, -0.15) is 5.10 Å². The van der Waals surface area contributed by atoms with Crippen LogP contribution in [0.1, 0.15) is 5.56 Å². The molecule has 2 N–H and O–H groups in total. The van der Waals surface area contributed by atoms with E-state index < -0.39 is 0 Å². The molecular weight excluding hydrogens is 130 g/mol. The molecule has 0 fully saturated rings. The molecule has 0 atom stereocenters. The minimum Gasteiger partial charge on any atom is -0.392 e. The third-order valence-corrected chi connectivity index (χ3v) is 1.21. The lowest BCUT2D eigenvalue weighted by molar-refractivity contribution is 0.282. The third kappa shape index (κ3) is 1.22. The topological polar surface area (TPSA) is 58.0 Å². The highest BCUT2D eigenvalue weighted by Gasteiger charge is 1.97. The van der Waals surface area contributed by atoms with Crippen molar-refractivity contribution in [3.63, 3.8) is 0 Å². The Morgan fingerprint density at radius 1 is 1.70 bits per heavy atom. The first-order valence-corrected chi connectivity index (χ1v) is 2.97. The van der Waals surface area contributed by atoms with E-state index in [-0.39, 0.29) is 6.61 Å². The monoisotopic (exact) mass is 139 g/mol. The fourth-order valence-electron chi connectivity index (χ4n) is 0.696. The number of aromatic nitrogens is 2. The van der Waals surface area contributed by atoms with Crippen molar-refractivity contribution in [2.75, 3.05) is 12.4 Å². The summed E-state index contributed by atoms with van der Waals surface area (Å²) in [5.74, 6) is 0.630. The van der Waals surface area contributed by atoms with E-state index in [2.05, 4.69) is 15.5 Å². The van der Waals surface area contributed by atoms with Gasteiger partial charge < -0.3 is 10.4 Å². The molecule has 0 saturated heterocycles. The van der Waals surface area contributed by atoms with Crippen molar-refractivity contribution >= 4 is 5.82 Å². The molecule has 1 heterocycles. The molecule has 1 aromatic rings. The van der Waals surface area contributed by atoms with Crippen molar-refractivity contribution in [3.05, 3.63) is 17.8 Å². The molecule has 54 valence electrons. The fourth-order valence-corrected chi connectivity index (χ4v) is 0.696. The quantitative estimate of drug-likeness (QED) is 0.606. The molecule has 0 saturated carbocycles. The van der Waals surface area contributed by atoms with Crippen LogP contribution in [-0.2, 0) is 6.61 Å². The van der Waals surface area contributed by atoms with Crippen LogP contribution in [0.3, 0.4) is 0 Å². The number of rotatable bonds is 2. The maximum atomic E-state index is 8.74. The van der Waals surface area contributed by atoms with Crippen molar-refractivity contribution in [3.8, 4) is 0 Å². The first kappa shape index (κ1) is 6.95. The summed E-state index contributed by atoms with van der Waals surface area (Å²) in [6.07, 6.45) is 1.55. The van der Waals surface area contributed by atoms with Crippen LogP contribution >= 0.6 is 0 Å². The molecule has 4 heteroatoms. The predicted molar refractivity (Wildman–Crippen MR) is 37.5 cm³/mol. The molecule has 10 heavy (non-hydrogen) atoms. The summed E-state index contributed by atoms with van der Waals surface area (Å²) in [7, 11) is 1.74. The second-order valence-corrected chi connectivity index (χ2v) is 1.81. The highest BCUT2D eigenvalue weighted by molar-refractivity contribution is 5.40. The molecule has 0 amide bonds. The van der Waals surface area contributed by atoms with Crippen LogP contribution in [-0.4, -0.2) is 22.4 Å². The van der Waals surface area contributed by atoms with Crippen LogP contribution in [0.2, 0.25) is 0 Å². The average Bonchev–Trinajstić information content (AvgIpc) is 2.04. The van der Waals surface area contributed by atoms with Crippen molar-refractivity contribution < 1.29 is 5.11 Å². The highest BCUT2D eigenvalue weighted by Crippen LogP contribution is 2.07. The number of hydrogen-bond donors (Lipinski definition) is 2. The lowest BCUT2D eigenvalue weighted by atomic mass is 10.3. The fraction of sp³-hybridized carbons (Fsp3) is 0.333. The Bertz CT molecular complexity index is 191.